The topological polar surface area (TPSA) is 21.3 Å². The minimum absolute atomic E-state index is 0.904. The summed E-state index contributed by atoms with van der Waals surface area (Å²) in [5, 5.41) is 4.78. The van der Waals surface area contributed by atoms with Gasteiger partial charge in [-0.25, -0.2) is 0 Å². The second-order valence-corrected chi connectivity index (χ2v) is 14.5. The van der Waals surface area contributed by atoms with Crippen LogP contribution < -0.4 is 4.90 Å². The third-order valence-corrected chi connectivity index (χ3v) is 11.2. The van der Waals surface area contributed by atoms with E-state index in [0.29, 0.717) is 0 Å². The molecule has 3 nitrogen and oxygen atoms in total. The van der Waals surface area contributed by atoms with Gasteiger partial charge in [0, 0.05) is 44.2 Å². The minimum atomic E-state index is 0.904. The van der Waals surface area contributed by atoms with E-state index in [4.69, 9.17) is 4.42 Å². The number of benzene rings is 9. The molecule has 0 radical (unpaired) electrons. The maximum Gasteiger partial charge on any atom is 0.136 e. The van der Waals surface area contributed by atoms with Gasteiger partial charge in [0.2, 0.25) is 0 Å². The first kappa shape index (κ1) is 32.8. The van der Waals surface area contributed by atoms with Crippen LogP contribution in [-0.4, -0.2) is 4.57 Å². The van der Waals surface area contributed by atoms with Crippen LogP contribution in [0.5, 0.6) is 0 Å². The SMILES string of the molecule is c1ccc(-c2ccccc2N(c2ccc(-c3cccc(-c4ccc5c(c4)oc4ccccc45)c3)cc2)c2cccc(-n3c4ccccc4c4ccccc43)c2)cc1. The summed E-state index contributed by atoms with van der Waals surface area (Å²) in [4.78, 5) is 2.39. The van der Waals surface area contributed by atoms with Crippen molar-refractivity contribution < 1.29 is 4.42 Å². The minimum Gasteiger partial charge on any atom is -0.456 e. The van der Waals surface area contributed by atoms with Crippen LogP contribution in [0.1, 0.15) is 0 Å². The zero-order chi connectivity index (χ0) is 37.7. The normalized spacial score (nSPS) is 11.5. The molecule has 57 heavy (non-hydrogen) atoms. The molecule has 0 atom stereocenters. The van der Waals surface area contributed by atoms with Crippen LogP contribution in [-0.2, 0) is 0 Å². The third kappa shape index (κ3) is 5.68. The van der Waals surface area contributed by atoms with Gasteiger partial charge in [-0.3, -0.25) is 0 Å². The van der Waals surface area contributed by atoms with Gasteiger partial charge < -0.3 is 13.9 Å². The van der Waals surface area contributed by atoms with Crippen molar-refractivity contribution in [2.24, 2.45) is 0 Å². The summed E-state index contributed by atoms with van der Waals surface area (Å²) in [6.45, 7) is 0. The predicted octanol–water partition coefficient (Wildman–Crippen LogP) is 15.2. The van der Waals surface area contributed by atoms with Crippen molar-refractivity contribution in [1.29, 1.82) is 0 Å². The highest BCUT2D eigenvalue weighted by Crippen LogP contribution is 2.43. The molecule has 268 valence electrons. The molecule has 0 amide bonds. The molecule has 0 fully saturated rings. The van der Waals surface area contributed by atoms with Crippen molar-refractivity contribution >= 4 is 60.8 Å². The Hall–Kier alpha value is -7.62. The average Bonchev–Trinajstić information content (AvgIpc) is 3.83. The summed E-state index contributed by atoms with van der Waals surface area (Å²) < 4.78 is 8.62. The maximum atomic E-state index is 6.23. The highest BCUT2D eigenvalue weighted by atomic mass is 16.3. The Bertz CT molecular complexity index is 3190. The molecule has 11 rings (SSSR count). The summed E-state index contributed by atoms with van der Waals surface area (Å²) >= 11 is 0. The molecule has 0 aliphatic heterocycles. The quantitative estimate of drug-likeness (QED) is 0.163. The molecule has 0 saturated carbocycles. The smallest absolute Gasteiger partial charge is 0.136 e. The van der Waals surface area contributed by atoms with Crippen molar-refractivity contribution in [3.05, 3.63) is 218 Å². The Morgan fingerprint density at radius 3 is 1.70 bits per heavy atom. The van der Waals surface area contributed by atoms with E-state index in [2.05, 4.69) is 216 Å². The van der Waals surface area contributed by atoms with E-state index < -0.39 is 0 Å². The lowest BCUT2D eigenvalue weighted by Gasteiger charge is -2.28. The van der Waals surface area contributed by atoms with Crippen molar-refractivity contribution in [2.45, 2.75) is 0 Å². The van der Waals surface area contributed by atoms with E-state index in [-0.39, 0.29) is 0 Å². The Labute approximate surface area is 330 Å². The number of nitrogens with zero attached hydrogens (tertiary/aromatic N) is 2. The van der Waals surface area contributed by atoms with Gasteiger partial charge in [0.25, 0.3) is 0 Å². The van der Waals surface area contributed by atoms with E-state index in [1.54, 1.807) is 0 Å². The van der Waals surface area contributed by atoms with Crippen LogP contribution in [0.2, 0.25) is 0 Å². The molecule has 0 N–H and O–H groups in total. The van der Waals surface area contributed by atoms with Gasteiger partial charge in [0.1, 0.15) is 11.2 Å². The van der Waals surface area contributed by atoms with Gasteiger partial charge in [-0.05, 0) is 101 Å². The lowest BCUT2D eigenvalue weighted by molar-refractivity contribution is 0.669. The van der Waals surface area contributed by atoms with E-state index >= 15 is 0 Å². The van der Waals surface area contributed by atoms with Gasteiger partial charge in [-0.1, -0.05) is 146 Å². The van der Waals surface area contributed by atoms with Crippen LogP contribution in [0, 0.1) is 0 Å². The molecule has 3 heteroatoms. The Kier molecular flexibility index (Phi) is 7.82. The Balaban J connectivity index is 1.02. The van der Waals surface area contributed by atoms with Crippen LogP contribution >= 0.6 is 0 Å². The number of rotatable bonds is 7. The number of furan rings is 1. The van der Waals surface area contributed by atoms with Crippen molar-refractivity contribution in [2.75, 3.05) is 4.90 Å². The van der Waals surface area contributed by atoms with Crippen molar-refractivity contribution in [1.82, 2.24) is 4.57 Å². The largest absolute Gasteiger partial charge is 0.456 e. The molecule has 2 aromatic heterocycles. The van der Waals surface area contributed by atoms with E-state index in [9.17, 15) is 0 Å². The Morgan fingerprint density at radius 1 is 0.333 bits per heavy atom. The third-order valence-electron chi connectivity index (χ3n) is 11.2. The van der Waals surface area contributed by atoms with Crippen LogP contribution in [0.4, 0.5) is 17.1 Å². The number of aromatic nitrogens is 1. The molecule has 0 saturated heterocycles. The zero-order valence-corrected chi connectivity index (χ0v) is 31.1. The van der Waals surface area contributed by atoms with E-state index in [0.717, 1.165) is 66.9 Å². The second-order valence-electron chi connectivity index (χ2n) is 14.5. The fraction of sp³-hybridized carbons (Fsp3) is 0. The fourth-order valence-corrected chi connectivity index (χ4v) is 8.52. The molecule has 9 aromatic carbocycles. The summed E-state index contributed by atoms with van der Waals surface area (Å²) in [6.07, 6.45) is 0. The summed E-state index contributed by atoms with van der Waals surface area (Å²) in [6, 6.07) is 78.2. The highest BCUT2D eigenvalue weighted by molar-refractivity contribution is 6.09. The lowest BCUT2D eigenvalue weighted by atomic mass is 9.98. The zero-order valence-electron chi connectivity index (χ0n) is 31.1. The van der Waals surface area contributed by atoms with Gasteiger partial charge >= 0.3 is 0 Å². The van der Waals surface area contributed by atoms with Gasteiger partial charge in [0.05, 0.1) is 16.7 Å². The summed E-state index contributed by atoms with van der Waals surface area (Å²) in [5.74, 6) is 0. The number of hydrogen-bond donors (Lipinski definition) is 0. The standard InChI is InChI=1S/C54H36N2O/c1-2-14-38(15-3-1)45-20-4-8-24-50(45)55(43-18-13-19-44(36-43)56-51-25-9-5-21-46(51)47-22-6-10-26-52(47)56)42-31-28-37(29-32-42)39-16-12-17-40(34-39)41-30-33-49-48-23-7-11-27-53(48)57-54(49)35-41/h1-36H. The molecular formula is C54H36N2O. The van der Waals surface area contributed by atoms with Crippen molar-refractivity contribution in [3.63, 3.8) is 0 Å². The van der Waals surface area contributed by atoms with E-state index in [1.165, 1.54) is 32.9 Å². The van der Waals surface area contributed by atoms with E-state index in [1.807, 2.05) is 12.1 Å². The summed E-state index contributed by atoms with van der Waals surface area (Å²) in [5.41, 5.74) is 15.5. The van der Waals surface area contributed by atoms with Crippen LogP contribution in [0.3, 0.4) is 0 Å². The van der Waals surface area contributed by atoms with Gasteiger partial charge in [-0.2, -0.15) is 0 Å². The molecule has 0 aliphatic carbocycles. The maximum absolute atomic E-state index is 6.23. The first-order valence-electron chi connectivity index (χ1n) is 19.4. The molecule has 0 unspecified atom stereocenters. The van der Waals surface area contributed by atoms with Gasteiger partial charge in [0.15, 0.2) is 0 Å². The molecule has 2 heterocycles. The molecule has 0 spiro atoms. The first-order chi connectivity index (χ1) is 28.3. The second kappa shape index (κ2) is 13.6. The van der Waals surface area contributed by atoms with Crippen LogP contribution in [0.25, 0.3) is 82.8 Å². The number of hydrogen-bond acceptors (Lipinski definition) is 2. The summed E-state index contributed by atoms with van der Waals surface area (Å²) in [7, 11) is 0. The average molecular weight is 729 g/mol. The highest BCUT2D eigenvalue weighted by Gasteiger charge is 2.19. The molecular weight excluding hydrogens is 693 g/mol. The van der Waals surface area contributed by atoms with Crippen LogP contribution in [0.15, 0.2) is 223 Å². The predicted molar refractivity (Wildman–Crippen MR) is 239 cm³/mol. The lowest BCUT2D eigenvalue weighted by Crippen LogP contribution is -2.11. The molecule has 11 aromatic rings. The van der Waals surface area contributed by atoms with Crippen molar-refractivity contribution in [3.8, 4) is 39.1 Å². The number of anilines is 3. The van der Waals surface area contributed by atoms with Gasteiger partial charge in [-0.15, -0.1) is 0 Å². The Morgan fingerprint density at radius 2 is 0.912 bits per heavy atom. The molecule has 0 bridgehead atoms. The fourth-order valence-electron chi connectivity index (χ4n) is 8.52. The number of fused-ring (bicyclic) bond motifs is 6. The first-order valence-corrected chi connectivity index (χ1v) is 19.4. The monoisotopic (exact) mass is 728 g/mol. The molecule has 0 aliphatic rings. The number of para-hydroxylation sites is 4.